The Balaban J connectivity index is 2.90. The Bertz CT molecular complexity index is 356. The molecule has 0 aliphatic heterocycles. The maximum Gasteiger partial charge on any atom is 0.128 e. The lowest BCUT2D eigenvalue weighted by molar-refractivity contribution is 0.111. The number of halogens is 1. The van der Waals surface area contributed by atoms with E-state index < -0.39 is 0 Å². The summed E-state index contributed by atoms with van der Waals surface area (Å²) in [6.45, 7) is 9.99. The van der Waals surface area contributed by atoms with E-state index in [0.29, 0.717) is 13.2 Å². The van der Waals surface area contributed by atoms with Gasteiger partial charge in [-0.3, -0.25) is 0 Å². The van der Waals surface area contributed by atoms with Gasteiger partial charge < -0.3 is 10.1 Å². The molecule has 1 atom stereocenters. The molecule has 0 aliphatic carbocycles. The van der Waals surface area contributed by atoms with E-state index in [1.807, 2.05) is 26.8 Å². The van der Waals surface area contributed by atoms with Gasteiger partial charge in [0.1, 0.15) is 5.82 Å². The number of ether oxygens (including phenoxy) is 1. The summed E-state index contributed by atoms with van der Waals surface area (Å²) in [6, 6.07) is 3.54. The molecule has 18 heavy (non-hydrogen) atoms. The fourth-order valence-electron chi connectivity index (χ4n) is 2.20. The van der Waals surface area contributed by atoms with E-state index in [1.165, 1.54) is 0 Å². The van der Waals surface area contributed by atoms with Crippen LogP contribution in [0.4, 0.5) is 4.39 Å². The molecule has 0 aromatic heterocycles. The van der Waals surface area contributed by atoms with Crippen molar-refractivity contribution in [3.05, 3.63) is 34.6 Å². The first-order valence-corrected chi connectivity index (χ1v) is 6.67. The van der Waals surface area contributed by atoms with Crippen molar-refractivity contribution in [2.45, 2.75) is 40.2 Å². The minimum Gasteiger partial charge on any atom is -0.379 e. The largest absolute Gasteiger partial charge is 0.379 e. The number of likely N-dealkylation sites (N-methyl/N-ethyl adjacent to an activating group) is 1. The maximum absolute atomic E-state index is 14.1. The second kappa shape index (κ2) is 7.49. The average molecular weight is 253 g/mol. The molecule has 0 aliphatic rings. The van der Waals surface area contributed by atoms with Crippen molar-refractivity contribution in [3.63, 3.8) is 0 Å². The molecule has 0 bridgehead atoms. The minimum absolute atomic E-state index is 0.0675. The molecule has 0 heterocycles. The second-order valence-electron chi connectivity index (χ2n) is 4.66. The molecule has 3 heteroatoms. The number of aryl methyl sites for hydroxylation is 2. The third kappa shape index (κ3) is 4.07. The van der Waals surface area contributed by atoms with Gasteiger partial charge in [0.05, 0.1) is 12.6 Å². The topological polar surface area (TPSA) is 21.3 Å². The number of hydrogen-bond donors (Lipinski definition) is 1. The summed E-state index contributed by atoms with van der Waals surface area (Å²) in [5, 5.41) is 3.29. The predicted octanol–water partition coefficient (Wildman–Crippen LogP) is 3.52. The fourth-order valence-corrected chi connectivity index (χ4v) is 2.20. The zero-order valence-corrected chi connectivity index (χ0v) is 11.8. The standard InChI is InChI=1S/C15H24FNO/c1-5-7-18-10-14(17-6-2)15-12(4)8-11(3)9-13(15)16/h8-9,14,17H,5-7,10H2,1-4H3. The second-order valence-corrected chi connectivity index (χ2v) is 4.66. The van der Waals surface area contributed by atoms with E-state index in [0.717, 1.165) is 29.7 Å². The van der Waals surface area contributed by atoms with Gasteiger partial charge in [-0.2, -0.15) is 0 Å². The lowest BCUT2D eigenvalue weighted by atomic mass is 9.98. The molecule has 1 aromatic carbocycles. The number of hydrogen-bond acceptors (Lipinski definition) is 2. The molecule has 0 saturated carbocycles. The maximum atomic E-state index is 14.1. The molecule has 102 valence electrons. The molecule has 0 spiro atoms. The van der Waals surface area contributed by atoms with E-state index in [1.54, 1.807) is 6.07 Å². The van der Waals surface area contributed by atoms with Gasteiger partial charge >= 0.3 is 0 Å². The van der Waals surface area contributed by atoms with Crippen LogP contribution in [-0.4, -0.2) is 19.8 Å². The molecule has 1 N–H and O–H groups in total. The van der Waals surface area contributed by atoms with Crippen molar-refractivity contribution in [3.8, 4) is 0 Å². The lowest BCUT2D eigenvalue weighted by Gasteiger charge is -2.21. The minimum atomic E-state index is -0.140. The summed E-state index contributed by atoms with van der Waals surface area (Å²) < 4.78 is 19.7. The molecule has 0 fully saturated rings. The first-order chi connectivity index (χ1) is 8.60. The van der Waals surface area contributed by atoms with Gasteiger partial charge in [0.15, 0.2) is 0 Å². The van der Waals surface area contributed by atoms with Crippen LogP contribution in [0, 0.1) is 19.7 Å². The van der Waals surface area contributed by atoms with Crippen LogP contribution in [-0.2, 0) is 4.74 Å². The quantitative estimate of drug-likeness (QED) is 0.751. The van der Waals surface area contributed by atoms with Crippen LogP contribution in [0.15, 0.2) is 12.1 Å². The number of benzene rings is 1. The summed E-state index contributed by atoms with van der Waals surface area (Å²) in [4.78, 5) is 0. The number of nitrogens with one attached hydrogen (secondary N) is 1. The van der Waals surface area contributed by atoms with Crippen LogP contribution >= 0.6 is 0 Å². The molecule has 0 saturated heterocycles. The van der Waals surface area contributed by atoms with Gasteiger partial charge in [-0.05, 0) is 44.0 Å². The first-order valence-electron chi connectivity index (χ1n) is 6.67. The van der Waals surface area contributed by atoms with E-state index in [2.05, 4.69) is 12.2 Å². The summed E-state index contributed by atoms with van der Waals surface area (Å²) >= 11 is 0. The Hall–Kier alpha value is -0.930. The van der Waals surface area contributed by atoms with Crippen LogP contribution in [0.25, 0.3) is 0 Å². The monoisotopic (exact) mass is 253 g/mol. The third-order valence-corrected chi connectivity index (χ3v) is 2.91. The predicted molar refractivity (Wildman–Crippen MR) is 73.4 cm³/mol. The van der Waals surface area contributed by atoms with Crippen molar-refractivity contribution >= 4 is 0 Å². The highest BCUT2D eigenvalue weighted by Crippen LogP contribution is 2.23. The van der Waals surface area contributed by atoms with E-state index in [4.69, 9.17) is 4.74 Å². The normalized spacial score (nSPS) is 12.7. The van der Waals surface area contributed by atoms with Crippen molar-refractivity contribution < 1.29 is 9.13 Å². The van der Waals surface area contributed by atoms with E-state index in [9.17, 15) is 4.39 Å². The smallest absolute Gasteiger partial charge is 0.128 e. The van der Waals surface area contributed by atoms with E-state index >= 15 is 0 Å². The van der Waals surface area contributed by atoms with Crippen molar-refractivity contribution in [1.29, 1.82) is 0 Å². The zero-order valence-electron chi connectivity index (χ0n) is 11.8. The van der Waals surface area contributed by atoms with Crippen molar-refractivity contribution in [1.82, 2.24) is 5.32 Å². The Labute approximate surface area is 110 Å². The van der Waals surface area contributed by atoms with Gasteiger partial charge in [0, 0.05) is 12.2 Å². The zero-order chi connectivity index (χ0) is 13.5. The van der Waals surface area contributed by atoms with Crippen LogP contribution < -0.4 is 5.32 Å². The molecule has 0 amide bonds. The first kappa shape index (κ1) is 15.1. The molecule has 1 rings (SSSR count). The highest BCUT2D eigenvalue weighted by Gasteiger charge is 2.17. The Kier molecular flexibility index (Phi) is 6.30. The van der Waals surface area contributed by atoms with Gasteiger partial charge in [-0.15, -0.1) is 0 Å². The van der Waals surface area contributed by atoms with Crippen molar-refractivity contribution in [2.75, 3.05) is 19.8 Å². The molecular weight excluding hydrogens is 229 g/mol. The molecule has 0 radical (unpaired) electrons. The highest BCUT2D eigenvalue weighted by molar-refractivity contribution is 5.34. The highest BCUT2D eigenvalue weighted by atomic mass is 19.1. The Morgan fingerprint density at radius 2 is 2.00 bits per heavy atom. The summed E-state index contributed by atoms with van der Waals surface area (Å²) in [7, 11) is 0. The summed E-state index contributed by atoms with van der Waals surface area (Å²) in [5.41, 5.74) is 2.68. The summed E-state index contributed by atoms with van der Waals surface area (Å²) in [5.74, 6) is -0.140. The molecule has 1 unspecified atom stereocenters. The Morgan fingerprint density at radius 1 is 1.28 bits per heavy atom. The molecule has 2 nitrogen and oxygen atoms in total. The van der Waals surface area contributed by atoms with Gasteiger partial charge in [0.2, 0.25) is 0 Å². The van der Waals surface area contributed by atoms with Gasteiger partial charge in [-0.25, -0.2) is 4.39 Å². The van der Waals surface area contributed by atoms with Crippen LogP contribution in [0.5, 0.6) is 0 Å². The van der Waals surface area contributed by atoms with Crippen LogP contribution in [0.2, 0.25) is 0 Å². The lowest BCUT2D eigenvalue weighted by Crippen LogP contribution is -2.27. The van der Waals surface area contributed by atoms with Gasteiger partial charge in [-0.1, -0.05) is 19.9 Å². The number of rotatable bonds is 7. The Morgan fingerprint density at radius 3 is 2.56 bits per heavy atom. The third-order valence-electron chi connectivity index (χ3n) is 2.91. The fraction of sp³-hybridized carbons (Fsp3) is 0.600. The van der Waals surface area contributed by atoms with Crippen LogP contribution in [0.3, 0.4) is 0 Å². The van der Waals surface area contributed by atoms with Gasteiger partial charge in [0.25, 0.3) is 0 Å². The summed E-state index contributed by atoms with van der Waals surface area (Å²) in [6.07, 6.45) is 0.980. The van der Waals surface area contributed by atoms with Crippen molar-refractivity contribution in [2.24, 2.45) is 0 Å². The average Bonchev–Trinajstić information content (AvgIpc) is 2.28. The van der Waals surface area contributed by atoms with Crippen LogP contribution in [0.1, 0.15) is 43.0 Å². The molecule has 1 aromatic rings. The van der Waals surface area contributed by atoms with E-state index in [-0.39, 0.29) is 11.9 Å². The SMILES string of the molecule is CCCOCC(NCC)c1c(C)cc(C)cc1F. The molecular formula is C15H24FNO.